The molecule has 2 nitrogen and oxygen atoms in total. The molecule has 0 aliphatic carbocycles. The van der Waals surface area contributed by atoms with Crippen molar-refractivity contribution >= 4 is 66.6 Å². The van der Waals surface area contributed by atoms with Gasteiger partial charge in [0, 0.05) is 35.4 Å². The third-order valence-electron chi connectivity index (χ3n) is 7.19. The summed E-state index contributed by atoms with van der Waals surface area (Å²) in [6.07, 6.45) is 11.7. The molecule has 0 spiro atoms. The lowest BCUT2D eigenvalue weighted by atomic mass is 10.1. The van der Waals surface area contributed by atoms with Gasteiger partial charge in [0.2, 0.25) is 5.52 Å². The Morgan fingerprint density at radius 3 is 2.35 bits per heavy atom. The lowest BCUT2D eigenvalue weighted by molar-refractivity contribution is -0.669. The van der Waals surface area contributed by atoms with Gasteiger partial charge >= 0.3 is 0 Å². The molecule has 2 heterocycles. The summed E-state index contributed by atoms with van der Waals surface area (Å²) in [5.41, 5.74) is 2.70. The van der Waals surface area contributed by atoms with Gasteiger partial charge in [-0.1, -0.05) is 110 Å². The number of fused-ring (bicyclic) bond motifs is 6. The number of rotatable bonds is 8. The van der Waals surface area contributed by atoms with Crippen LogP contribution in [0.2, 0.25) is 0 Å². The molecule has 5 aromatic rings. The van der Waals surface area contributed by atoms with Crippen molar-refractivity contribution in [3.63, 3.8) is 0 Å². The van der Waals surface area contributed by atoms with Crippen molar-refractivity contribution in [2.75, 3.05) is 11.4 Å². The average Bonchev–Trinajstić information content (AvgIpc) is 3.48. The molecule has 186 valence electrons. The Kier molecular flexibility index (Phi) is 7.04. The van der Waals surface area contributed by atoms with Crippen molar-refractivity contribution in [3.8, 4) is 0 Å². The highest BCUT2D eigenvalue weighted by atomic mass is 32.2. The highest BCUT2D eigenvalue weighted by molar-refractivity contribution is 8.04. The van der Waals surface area contributed by atoms with E-state index in [1.807, 2.05) is 23.1 Å². The van der Waals surface area contributed by atoms with E-state index < -0.39 is 0 Å². The van der Waals surface area contributed by atoms with Crippen LogP contribution >= 0.6 is 23.1 Å². The van der Waals surface area contributed by atoms with Gasteiger partial charge in [-0.15, -0.1) is 0 Å². The molecule has 37 heavy (non-hydrogen) atoms. The first kappa shape index (κ1) is 24.3. The molecule has 0 amide bonds. The molecule has 1 aromatic heterocycles. The molecule has 4 aromatic carbocycles. The minimum Gasteiger partial charge on any atom is -0.335 e. The second-order valence-corrected chi connectivity index (χ2v) is 11.7. The minimum absolute atomic E-state index is 1.06. The van der Waals surface area contributed by atoms with Crippen LogP contribution in [0.5, 0.6) is 0 Å². The Bertz CT molecular complexity index is 1640. The Morgan fingerprint density at radius 2 is 1.54 bits per heavy atom. The normalized spacial score (nSPS) is 14.6. The number of allylic oxidation sites excluding steroid dienone is 2. The van der Waals surface area contributed by atoms with Gasteiger partial charge in [-0.05, 0) is 40.8 Å². The number of aromatic nitrogens is 1. The Balaban J connectivity index is 1.39. The maximum absolute atomic E-state index is 2.52. The lowest BCUT2D eigenvalue weighted by Crippen LogP contribution is -2.34. The maximum Gasteiger partial charge on any atom is 0.262 e. The summed E-state index contributed by atoms with van der Waals surface area (Å²) < 4.78 is 3.91. The summed E-state index contributed by atoms with van der Waals surface area (Å²) in [5, 5.41) is 7.98. The Hall–Kier alpha value is -3.08. The number of benzene rings is 4. The van der Waals surface area contributed by atoms with Gasteiger partial charge in [0.15, 0.2) is 6.54 Å². The molecule has 4 heteroatoms. The first-order chi connectivity index (χ1) is 18.3. The molecule has 0 unspecified atom stereocenters. The molecule has 0 N–H and O–H groups in total. The van der Waals surface area contributed by atoms with Crippen molar-refractivity contribution in [2.45, 2.75) is 51.0 Å². The summed E-state index contributed by atoms with van der Waals surface area (Å²) >= 11 is 3.83. The second kappa shape index (κ2) is 10.7. The summed E-state index contributed by atoms with van der Waals surface area (Å²) in [5.74, 6) is 0. The van der Waals surface area contributed by atoms with Crippen molar-refractivity contribution in [1.29, 1.82) is 0 Å². The number of nitrogens with zero attached hydrogens (tertiary/aromatic N) is 2. The largest absolute Gasteiger partial charge is 0.335 e. The third-order valence-corrected chi connectivity index (χ3v) is 9.59. The molecule has 0 fully saturated rings. The van der Waals surface area contributed by atoms with E-state index in [2.05, 4.69) is 114 Å². The summed E-state index contributed by atoms with van der Waals surface area (Å²) in [6, 6.07) is 26.7. The van der Waals surface area contributed by atoms with Crippen LogP contribution in [0, 0.1) is 0 Å². The zero-order valence-corrected chi connectivity index (χ0v) is 23.2. The zero-order chi connectivity index (χ0) is 25.2. The van der Waals surface area contributed by atoms with Crippen LogP contribution in [0.15, 0.2) is 94.9 Å². The van der Waals surface area contributed by atoms with E-state index in [-0.39, 0.29) is 0 Å². The lowest BCUT2D eigenvalue weighted by Gasteiger charge is -2.20. The first-order valence-electron chi connectivity index (χ1n) is 13.5. The van der Waals surface area contributed by atoms with Gasteiger partial charge in [0.25, 0.3) is 5.01 Å². The molecular formula is C33H33N2S2+. The number of anilines is 1. The van der Waals surface area contributed by atoms with Crippen LogP contribution in [0.4, 0.5) is 5.69 Å². The monoisotopic (exact) mass is 521 g/mol. The predicted octanol–water partition coefficient (Wildman–Crippen LogP) is 9.56. The fraction of sp³-hybridized carbons (Fsp3) is 0.242. The van der Waals surface area contributed by atoms with Crippen LogP contribution in [0.3, 0.4) is 0 Å². The summed E-state index contributed by atoms with van der Waals surface area (Å²) in [4.78, 5) is 3.91. The van der Waals surface area contributed by atoms with Crippen molar-refractivity contribution in [3.05, 3.63) is 95.0 Å². The van der Waals surface area contributed by atoms with E-state index in [1.165, 1.54) is 78.1 Å². The van der Waals surface area contributed by atoms with Crippen molar-refractivity contribution in [2.24, 2.45) is 0 Å². The summed E-state index contributed by atoms with van der Waals surface area (Å²) in [7, 11) is 0. The van der Waals surface area contributed by atoms with Crippen LogP contribution < -0.4 is 9.47 Å². The van der Waals surface area contributed by atoms with Crippen LogP contribution in [0.1, 0.15) is 44.5 Å². The highest BCUT2D eigenvalue weighted by Gasteiger charge is 2.26. The fourth-order valence-corrected chi connectivity index (χ4v) is 7.68. The Labute approximate surface area is 227 Å². The number of hydrogen-bond donors (Lipinski definition) is 0. The Morgan fingerprint density at radius 1 is 0.811 bits per heavy atom. The second-order valence-electron chi connectivity index (χ2n) is 9.69. The van der Waals surface area contributed by atoms with Gasteiger partial charge in [-0.3, -0.25) is 0 Å². The van der Waals surface area contributed by atoms with Crippen molar-refractivity contribution < 1.29 is 4.57 Å². The van der Waals surface area contributed by atoms with Crippen molar-refractivity contribution in [1.82, 2.24) is 0 Å². The van der Waals surface area contributed by atoms with E-state index >= 15 is 0 Å². The highest BCUT2D eigenvalue weighted by Crippen LogP contribution is 2.49. The van der Waals surface area contributed by atoms with E-state index in [0.717, 1.165) is 13.1 Å². The molecule has 0 radical (unpaired) electrons. The van der Waals surface area contributed by atoms with Crippen LogP contribution in [0.25, 0.3) is 37.8 Å². The van der Waals surface area contributed by atoms with E-state index in [4.69, 9.17) is 0 Å². The van der Waals surface area contributed by atoms with Crippen LogP contribution in [-0.2, 0) is 6.54 Å². The number of thioether (sulfide) groups is 1. The van der Waals surface area contributed by atoms with E-state index in [9.17, 15) is 0 Å². The molecule has 0 saturated heterocycles. The van der Waals surface area contributed by atoms with E-state index in [0.29, 0.717) is 0 Å². The average molecular weight is 522 g/mol. The van der Waals surface area contributed by atoms with Gasteiger partial charge in [-0.2, -0.15) is 4.57 Å². The molecule has 0 atom stereocenters. The number of thiazole rings is 1. The molecular weight excluding hydrogens is 489 g/mol. The zero-order valence-electron chi connectivity index (χ0n) is 21.6. The summed E-state index contributed by atoms with van der Waals surface area (Å²) in [6.45, 7) is 6.65. The minimum atomic E-state index is 1.06. The molecule has 0 bridgehead atoms. The predicted molar refractivity (Wildman–Crippen MR) is 164 cm³/mol. The number of aryl methyl sites for hydroxylation is 1. The van der Waals surface area contributed by atoms with Gasteiger partial charge in [-0.25, -0.2) is 0 Å². The van der Waals surface area contributed by atoms with Crippen LogP contribution in [-0.4, -0.2) is 6.54 Å². The SMILES string of the molecule is CCCCN1/C(=C/C=C/c2sc3c4ccccc4ccc3[n+]2CCCC)Sc2c1ccc1ccccc21. The standard InChI is InChI=1S/C33H33N2S2/c1-3-5-22-34-28-20-18-24-12-7-9-14-26(24)32(28)36-30(34)16-11-17-31-35(23-6-4-2)29-21-19-25-13-8-10-15-27(25)33(29)37-31/h7-21H,3-6,22-23H2,1-2H3/q+1. The quantitative estimate of drug-likeness (QED) is 0.188. The maximum atomic E-state index is 2.52. The fourth-order valence-electron chi connectivity index (χ4n) is 5.21. The molecule has 6 rings (SSSR count). The number of hydrogen-bond acceptors (Lipinski definition) is 3. The third kappa shape index (κ3) is 4.58. The topological polar surface area (TPSA) is 7.12 Å². The smallest absolute Gasteiger partial charge is 0.262 e. The van der Waals surface area contributed by atoms with Gasteiger partial charge in [0.05, 0.1) is 10.7 Å². The van der Waals surface area contributed by atoms with Gasteiger partial charge in [0.1, 0.15) is 4.70 Å². The molecule has 1 aliphatic rings. The molecule has 0 saturated carbocycles. The first-order valence-corrected chi connectivity index (χ1v) is 15.1. The molecule has 1 aliphatic heterocycles. The van der Waals surface area contributed by atoms with Gasteiger partial charge < -0.3 is 4.90 Å². The number of unbranched alkanes of at least 4 members (excludes halogenated alkanes) is 2. The van der Waals surface area contributed by atoms with E-state index in [1.54, 1.807) is 0 Å².